The van der Waals surface area contributed by atoms with E-state index in [1.165, 1.54) is 29.7 Å². The molecule has 6 heteroatoms. The summed E-state index contributed by atoms with van der Waals surface area (Å²) in [5, 5.41) is 7.52. The number of amides is 1. The van der Waals surface area contributed by atoms with Gasteiger partial charge < -0.3 is 10.2 Å². The molecule has 28 heavy (non-hydrogen) atoms. The summed E-state index contributed by atoms with van der Waals surface area (Å²) in [5.41, 5.74) is 4.01. The van der Waals surface area contributed by atoms with Crippen LogP contribution in [-0.4, -0.2) is 53.3 Å². The fourth-order valence-corrected chi connectivity index (χ4v) is 4.46. The second kappa shape index (κ2) is 8.35. The molecule has 1 saturated carbocycles. The zero-order valence-electron chi connectivity index (χ0n) is 17.0. The quantitative estimate of drug-likeness (QED) is 0.863. The highest BCUT2D eigenvalue weighted by Gasteiger charge is 2.23. The number of anilines is 2. The molecule has 2 aromatic rings. The van der Waals surface area contributed by atoms with E-state index in [0.29, 0.717) is 12.6 Å². The smallest absolute Gasteiger partial charge is 0.239 e. The lowest BCUT2D eigenvalue weighted by Gasteiger charge is -2.36. The van der Waals surface area contributed by atoms with Gasteiger partial charge in [-0.3, -0.25) is 9.69 Å². The average molecular weight is 382 g/mol. The van der Waals surface area contributed by atoms with Gasteiger partial charge in [-0.2, -0.15) is 5.10 Å². The molecule has 150 valence electrons. The molecule has 0 radical (unpaired) electrons. The highest BCUT2D eigenvalue weighted by atomic mass is 16.2. The molecule has 2 fully saturated rings. The summed E-state index contributed by atoms with van der Waals surface area (Å²) in [7, 11) is 0. The average Bonchev–Trinajstić information content (AvgIpc) is 3.36. The number of carbonyl (C=O) groups excluding carboxylic acids is 1. The van der Waals surface area contributed by atoms with Crippen LogP contribution < -0.4 is 10.2 Å². The van der Waals surface area contributed by atoms with Crippen LogP contribution in [-0.2, 0) is 4.79 Å². The predicted octanol–water partition coefficient (Wildman–Crippen LogP) is 3.38. The number of nitrogens with one attached hydrogen (secondary N) is 1. The molecule has 0 atom stereocenters. The third-order valence-corrected chi connectivity index (χ3v) is 6.26. The van der Waals surface area contributed by atoms with Gasteiger partial charge in [0, 0.05) is 37.9 Å². The monoisotopic (exact) mass is 381 g/mol. The van der Waals surface area contributed by atoms with Gasteiger partial charge >= 0.3 is 0 Å². The maximum absolute atomic E-state index is 12.6. The lowest BCUT2D eigenvalue weighted by Crippen LogP contribution is -2.49. The Morgan fingerprint density at radius 3 is 2.61 bits per heavy atom. The number of piperazine rings is 1. The first-order valence-electron chi connectivity index (χ1n) is 10.5. The fraction of sp³-hybridized carbons (Fsp3) is 0.545. The van der Waals surface area contributed by atoms with Crippen LogP contribution in [0.25, 0.3) is 0 Å². The van der Waals surface area contributed by atoms with E-state index in [4.69, 9.17) is 0 Å². The molecule has 4 rings (SSSR count). The van der Waals surface area contributed by atoms with Gasteiger partial charge in [0.05, 0.1) is 18.8 Å². The zero-order valence-corrected chi connectivity index (χ0v) is 17.0. The van der Waals surface area contributed by atoms with E-state index in [1.54, 1.807) is 6.20 Å². The van der Waals surface area contributed by atoms with Gasteiger partial charge in [0.25, 0.3) is 0 Å². The Morgan fingerprint density at radius 2 is 1.86 bits per heavy atom. The molecular weight excluding hydrogens is 350 g/mol. The van der Waals surface area contributed by atoms with E-state index >= 15 is 0 Å². The number of aromatic nitrogens is 2. The standard InChI is InChI=1S/C22H31N5O/c1-17-6-5-9-20(18(17)2)26-14-12-25(13-15-26)16-22(28)24-21-10-11-23-27(21)19-7-3-4-8-19/h5-6,9-11,19H,3-4,7-8,12-16H2,1-2H3,(H,24,28). The van der Waals surface area contributed by atoms with Gasteiger partial charge in [-0.25, -0.2) is 4.68 Å². The van der Waals surface area contributed by atoms with E-state index in [9.17, 15) is 4.79 Å². The van der Waals surface area contributed by atoms with Crippen molar-refractivity contribution in [2.45, 2.75) is 45.6 Å². The Balaban J connectivity index is 1.30. The number of benzene rings is 1. The van der Waals surface area contributed by atoms with Crippen molar-refractivity contribution < 1.29 is 4.79 Å². The number of hydrogen-bond donors (Lipinski definition) is 1. The number of nitrogens with zero attached hydrogens (tertiary/aromatic N) is 4. The second-order valence-corrected chi connectivity index (χ2v) is 8.13. The Morgan fingerprint density at radius 1 is 1.11 bits per heavy atom. The van der Waals surface area contributed by atoms with Crippen LogP contribution in [0.4, 0.5) is 11.5 Å². The van der Waals surface area contributed by atoms with Crippen molar-refractivity contribution in [1.82, 2.24) is 14.7 Å². The molecule has 1 amide bonds. The lowest BCUT2D eigenvalue weighted by molar-refractivity contribution is -0.117. The molecule has 1 saturated heterocycles. The van der Waals surface area contributed by atoms with Crippen molar-refractivity contribution in [1.29, 1.82) is 0 Å². The van der Waals surface area contributed by atoms with Crippen molar-refractivity contribution in [3.63, 3.8) is 0 Å². The molecule has 0 bridgehead atoms. The first-order chi connectivity index (χ1) is 13.6. The van der Waals surface area contributed by atoms with Crippen molar-refractivity contribution in [2.24, 2.45) is 0 Å². The van der Waals surface area contributed by atoms with Crippen LogP contribution >= 0.6 is 0 Å². The number of carbonyl (C=O) groups is 1. The van der Waals surface area contributed by atoms with Crippen LogP contribution in [0.5, 0.6) is 0 Å². The summed E-state index contributed by atoms with van der Waals surface area (Å²) in [5.74, 6) is 0.894. The minimum absolute atomic E-state index is 0.0555. The predicted molar refractivity (Wildman–Crippen MR) is 113 cm³/mol. The van der Waals surface area contributed by atoms with E-state index in [2.05, 4.69) is 52.3 Å². The maximum Gasteiger partial charge on any atom is 0.239 e. The number of rotatable bonds is 5. The highest BCUT2D eigenvalue weighted by Crippen LogP contribution is 2.31. The Bertz CT molecular complexity index is 816. The van der Waals surface area contributed by atoms with Crippen molar-refractivity contribution in [2.75, 3.05) is 42.9 Å². The van der Waals surface area contributed by atoms with Crippen molar-refractivity contribution >= 4 is 17.4 Å². The third-order valence-electron chi connectivity index (χ3n) is 6.26. The van der Waals surface area contributed by atoms with Gasteiger partial charge in [0.15, 0.2) is 0 Å². The molecule has 1 N–H and O–H groups in total. The van der Waals surface area contributed by atoms with E-state index < -0.39 is 0 Å². The van der Waals surface area contributed by atoms with Crippen LogP contribution in [0.2, 0.25) is 0 Å². The minimum atomic E-state index is 0.0555. The molecule has 0 unspecified atom stereocenters. The SMILES string of the molecule is Cc1cccc(N2CCN(CC(=O)Nc3ccnn3C3CCCC3)CC2)c1C. The summed E-state index contributed by atoms with van der Waals surface area (Å²) < 4.78 is 2.00. The maximum atomic E-state index is 12.6. The lowest BCUT2D eigenvalue weighted by atomic mass is 10.1. The Hall–Kier alpha value is -2.34. The number of aryl methyl sites for hydroxylation is 1. The van der Waals surface area contributed by atoms with Gasteiger partial charge in [0.2, 0.25) is 5.91 Å². The van der Waals surface area contributed by atoms with Gasteiger partial charge in [0.1, 0.15) is 5.82 Å². The molecule has 2 heterocycles. The summed E-state index contributed by atoms with van der Waals surface area (Å²) in [6.07, 6.45) is 6.61. The fourth-order valence-electron chi connectivity index (χ4n) is 4.46. The largest absolute Gasteiger partial charge is 0.369 e. The van der Waals surface area contributed by atoms with Gasteiger partial charge in [-0.1, -0.05) is 25.0 Å². The molecule has 6 nitrogen and oxygen atoms in total. The molecule has 1 aromatic heterocycles. The summed E-state index contributed by atoms with van der Waals surface area (Å²) in [4.78, 5) is 17.3. The molecule has 0 spiro atoms. The molecular formula is C22H31N5O. The third kappa shape index (κ3) is 4.07. The molecule has 1 aliphatic heterocycles. The summed E-state index contributed by atoms with van der Waals surface area (Å²) in [6, 6.07) is 8.84. The Labute approximate surface area is 167 Å². The summed E-state index contributed by atoms with van der Waals surface area (Å²) in [6.45, 7) is 8.52. The van der Waals surface area contributed by atoms with Crippen LogP contribution in [0.1, 0.15) is 42.9 Å². The first-order valence-corrected chi connectivity index (χ1v) is 10.5. The van der Waals surface area contributed by atoms with Crippen molar-refractivity contribution in [3.8, 4) is 0 Å². The summed E-state index contributed by atoms with van der Waals surface area (Å²) >= 11 is 0. The van der Waals surface area contributed by atoms with Crippen LogP contribution in [0.15, 0.2) is 30.5 Å². The van der Waals surface area contributed by atoms with E-state index in [0.717, 1.165) is 44.8 Å². The Kier molecular flexibility index (Phi) is 5.67. The van der Waals surface area contributed by atoms with E-state index in [1.807, 2.05) is 10.7 Å². The van der Waals surface area contributed by atoms with Crippen LogP contribution in [0, 0.1) is 13.8 Å². The number of hydrogen-bond acceptors (Lipinski definition) is 4. The van der Waals surface area contributed by atoms with Gasteiger partial charge in [-0.05, 0) is 43.9 Å². The normalized spacial score (nSPS) is 18.6. The molecule has 1 aliphatic carbocycles. The highest BCUT2D eigenvalue weighted by molar-refractivity contribution is 5.91. The minimum Gasteiger partial charge on any atom is -0.369 e. The van der Waals surface area contributed by atoms with E-state index in [-0.39, 0.29) is 5.91 Å². The van der Waals surface area contributed by atoms with Crippen LogP contribution in [0.3, 0.4) is 0 Å². The molecule has 1 aromatic carbocycles. The van der Waals surface area contributed by atoms with Gasteiger partial charge in [-0.15, -0.1) is 0 Å². The topological polar surface area (TPSA) is 53.4 Å². The first kappa shape index (κ1) is 19.0. The zero-order chi connectivity index (χ0) is 19.5. The second-order valence-electron chi connectivity index (χ2n) is 8.13. The van der Waals surface area contributed by atoms with Crippen molar-refractivity contribution in [3.05, 3.63) is 41.6 Å². The molecule has 2 aliphatic rings.